The number of carbonyl (C=O) groups is 2. The van der Waals surface area contributed by atoms with E-state index in [0.717, 1.165) is 17.7 Å². The fourth-order valence-corrected chi connectivity index (χ4v) is 3.16. The van der Waals surface area contributed by atoms with Gasteiger partial charge in [-0.3, -0.25) is 9.59 Å². The molecule has 4 heteroatoms. The zero-order chi connectivity index (χ0) is 21.0. The maximum absolute atomic E-state index is 12.8. The quantitative estimate of drug-likeness (QED) is 0.790. The van der Waals surface area contributed by atoms with Crippen LogP contribution in [0.1, 0.15) is 73.3 Å². The summed E-state index contributed by atoms with van der Waals surface area (Å²) in [5.41, 5.74) is 0.255. The van der Waals surface area contributed by atoms with Crippen LogP contribution in [0.2, 0.25) is 0 Å². The molecule has 1 amide bonds. The van der Waals surface area contributed by atoms with Gasteiger partial charge in [-0.15, -0.1) is 0 Å². The predicted molar refractivity (Wildman–Crippen MR) is 111 cm³/mol. The van der Waals surface area contributed by atoms with E-state index in [0.29, 0.717) is 0 Å². The summed E-state index contributed by atoms with van der Waals surface area (Å²) in [4.78, 5) is 25.6. The Bertz CT molecular complexity index is 652. The second kappa shape index (κ2) is 8.90. The lowest BCUT2D eigenvalue weighted by atomic mass is 9.75. The maximum atomic E-state index is 12.8. The molecule has 0 spiro atoms. The number of nitrogens with one attached hydrogen (secondary N) is 1. The highest BCUT2D eigenvalue weighted by molar-refractivity contribution is 5.94. The Kier molecular flexibility index (Phi) is 7.65. The summed E-state index contributed by atoms with van der Waals surface area (Å²) >= 11 is 0. The standard InChI is InChI=1S/C21H31NO3.C2H6/c1-20(2,3)17(18(23)21(4,5)6)22-19(24)15-12-14(15)13-10-8-9-11-16(13)25-7;1-2/h8-11,14-15,17H,12H2,1-7H3,(H,22,24);1-2H3/t14-,15?,17?;/m0./s1. The Balaban J connectivity index is 0.00000176. The molecular formula is C23H37NO3. The van der Waals surface area contributed by atoms with Crippen molar-refractivity contribution in [3.05, 3.63) is 29.8 Å². The first-order valence-corrected chi connectivity index (χ1v) is 9.94. The average Bonchev–Trinajstić information content (AvgIpc) is 3.39. The summed E-state index contributed by atoms with van der Waals surface area (Å²) < 4.78 is 5.41. The number of hydrogen-bond acceptors (Lipinski definition) is 3. The largest absolute Gasteiger partial charge is 0.496 e. The molecule has 0 aromatic heterocycles. The molecule has 1 fully saturated rings. The van der Waals surface area contributed by atoms with Gasteiger partial charge in [0.1, 0.15) is 5.75 Å². The first-order chi connectivity index (χ1) is 12.5. The molecule has 4 nitrogen and oxygen atoms in total. The molecular weight excluding hydrogens is 338 g/mol. The van der Waals surface area contributed by atoms with Crippen molar-refractivity contribution in [2.75, 3.05) is 7.11 Å². The SMILES string of the molecule is CC.COc1ccccc1[C@@H]1CC1C(=O)NC(C(=O)C(C)(C)C)C(C)(C)C. The van der Waals surface area contributed by atoms with Crippen LogP contribution in [0, 0.1) is 16.7 Å². The molecule has 1 aromatic rings. The topological polar surface area (TPSA) is 55.4 Å². The number of Topliss-reactive ketones (excluding diaryl/α,β-unsaturated/α-hetero) is 1. The molecule has 1 aliphatic rings. The number of hydrogen-bond donors (Lipinski definition) is 1. The van der Waals surface area contributed by atoms with Crippen molar-refractivity contribution in [3.63, 3.8) is 0 Å². The Morgan fingerprint density at radius 3 is 2.11 bits per heavy atom. The third kappa shape index (κ3) is 5.82. The van der Waals surface area contributed by atoms with E-state index in [-0.39, 0.29) is 28.9 Å². The number of ketones is 1. The van der Waals surface area contributed by atoms with Gasteiger partial charge in [0.25, 0.3) is 0 Å². The van der Waals surface area contributed by atoms with Gasteiger partial charge in [-0.25, -0.2) is 0 Å². The molecule has 1 aliphatic carbocycles. The monoisotopic (exact) mass is 375 g/mol. The maximum Gasteiger partial charge on any atom is 0.224 e. The van der Waals surface area contributed by atoms with Crippen molar-refractivity contribution in [1.29, 1.82) is 0 Å². The molecule has 0 heterocycles. The molecule has 1 saturated carbocycles. The Morgan fingerprint density at radius 2 is 1.63 bits per heavy atom. The van der Waals surface area contributed by atoms with E-state index < -0.39 is 11.5 Å². The second-order valence-corrected chi connectivity index (χ2v) is 9.11. The van der Waals surface area contributed by atoms with Gasteiger partial charge in [0.2, 0.25) is 5.91 Å². The zero-order valence-electron chi connectivity index (χ0n) is 18.5. The summed E-state index contributed by atoms with van der Waals surface area (Å²) in [6.07, 6.45) is 0.798. The van der Waals surface area contributed by atoms with Crippen molar-refractivity contribution >= 4 is 11.7 Å². The summed E-state index contributed by atoms with van der Waals surface area (Å²) in [6, 6.07) is 7.34. The minimum absolute atomic E-state index is 0.0339. The summed E-state index contributed by atoms with van der Waals surface area (Å²) in [5.74, 6) is 0.938. The molecule has 2 unspecified atom stereocenters. The Morgan fingerprint density at radius 1 is 1.07 bits per heavy atom. The number of para-hydroxylation sites is 1. The van der Waals surface area contributed by atoms with Gasteiger partial charge in [0, 0.05) is 11.3 Å². The highest BCUT2D eigenvalue weighted by atomic mass is 16.5. The van der Waals surface area contributed by atoms with Crippen LogP contribution < -0.4 is 10.1 Å². The van der Waals surface area contributed by atoms with Crippen LogP contribution in [0.15, 0.2) is 24.3 Å². The van der Waals surface area contributed by atoms with Crippen LogP contribution >= 0.6 is 0 Å². The second-order valence-electron chi connectivity index (χ2n) is 9.11. The lowest BCUT2D eigenvalue weighted by Gasteiger charge is -2.34. The number of methoxy groups -OCH3 is 1. The highest BCUT2D eigenvalue weighted by Gasteiger charge is 2.47. The first kappa shape index (κ1) is 23.2. The van der Waals surface area contributed by atoms with E-state index in [4.69, 9.17) is 4.74 Å². The summed E-state index contributed by atoms with van der Waals surface area (Å²) in [5, 5.41) is 3.03. The Labute approximate surface area is 165 Å². The molecule has 0 saturated heterocycles. The van der Waals surface area contributed by atoms with Crippen LogP contribution in [0.3, 0.4) is 0 Å². The van der Waals surface area contributed by atoms with Crippen molar-refractivity contribution in [1.82, 2.24) is 5.32 Å². The number of amides is 1. The van der Waals surface area contributed by atoms with Crippen molar-refractivity contribution < 1.29 is 14.3 Å². The third-order valence-corrected chi connectivity index (χ3v) is 4.82. The van der Waals surface area contributed by atoms with Crippen LogP contribution in [0.25, 0.3) is 0 Å². The fourth-order valence-electron chi connectivity index (χ4n) is 3.16. The Hall–Kier alpha value is -1.84. The number of rotatable bonds is 5. The van der Waals surface area contributed by atoms with Gasteiger partial charge in [0.05, 0.1) is 13.2 Å². The summed E-state index contributed by atoms with van der Waals surface area (Å²) in [6.45, 7) is 15.7. The molecule has 0 bridgehead atoms. The third-order valence-electron chi connectivity index (χ3n) is 4.82. The van der Waals surface area contributed by atoms with Crippen molar-refractivity contribution in [2.24, 2.45) is 16.7 Å². The van der Waals surface area contributed by atoms with Crippen molar-refractivity contribution in [3.8, 4) is 5.75 Å². The molecule has 0 radical (unpaired) electrons. The van der Waals surface area contributed by atoms with Crippen LogP contribution in [-0.2, 0) is 9.59 Å². The van der Waals surface area contributed by atoms with E-state index in [9.17, 15) is 9.59 Å². The van der Waals surface area contributed by atoms with Gasteiger partial charge in [-0.1, -0.05) is 73.6 Å². The van der Waals surface area contributed by atoms with Crippen molar-refractivity contribution in [2.45, 2.75) is 73.8 Å². The summed E-state index contributed by atoms with van der Waals surface area (Å²) in [7, 11) is 1.65. The smallest absolute Gasteiger partial charge is 0.224 e. The lowest BCUT2D eigenvalue weighted by molar-refractivity contribution is -0.135. The first-order valence-electron chi connectivity index (χ1n) is 9.94. The van der Waals surface area contributed by atoms with Gasteiger partial charge in [-0.05, 0) is 29.4 Å². The molecule has 3 atom stereocenters. The number of carbonyl (C=O) groups excluding carboxylic acids is 2. The van der Waals surface area contributed by atoms with Crippen LogP contribution in [-0.4, -0.2) is 24.8 Å². The highest BCUT2D eigenvalue weighted by Crippen LogP contribution is 2.50. The minimum atomic E-state index is -0.489. The number of benzene rings is 1. The number of ether oxygens (including phenoxy) is 1. The van der Waals surface area contributed by atoms with Gasteiger partial charge < -0.3 is 10.1 Å². The van der Waals surface area contributed by atoms with E-state index in [1.807, 2.05) is 79.7 Å². The molecule has 1 N–H and O–H groups in total. The molecule has 1 aromatic carbocycles. The van der Waals surface area contributed by atoms with E-state index in [2.05, 4.69) is 5.32 Å². The predicted octanol–water partition coefficient (Wildman–Crippen LogP) is 4.97. The molecule has 152 valence electrons. The van der Waals surface area contributed by atoms with E-state index >= 15 is 0 Å². The normalized spacial score (nSPS) is 20.0. The molecule has 27 heavy (non-hydrogen) atoms. The van der Waals surface area contributed by atoms with Crippen LogP contribution in [0.4, 0.5) is 0 Å². The van der Waals surface area contributed by atoms with Gasteiger partial charge in [0.15, 0.2) is 5.78 Å². The fraction of sp³-hybridized carbons (Fsp3) is 0.652. The zero-order valence-corrected chi connectivity index (χ0v) is 18.5. The van der Waals surface area contributed by atoms with E-state index in [1.165, 1.54) is 0 Å². The van der Waals surface area contributed by atoms with Crippen LogP contribution in [0.5, 0.6) is 5.75 Å². The average molecular weight is 376 g/mol. The van der Waals surface area contributed by atoms with Gasteiger partial charge in [-0.2, -0.15) is 0 Å². The van der Waals surface area contributed by atoms with E-state index in [1.54, 1.807) is 7.11 Å². The molecule has 2 rings (SSSR count). The van der Waals surface area contributed by atoms with Gasteiger partial charge >= 0.3 is 0 Å². The minimum Gasteiger partial charge on any atom is -0.496 e. The lowest BCUT2D eigenvalue weighted by Crippen LogP contribution is -2.53. The molecule has 0 aliphatic heterocycles.